The zero-order chi connectivity index (χ0) is 48.9. The highest BCUT2D eigenvalue weighted by molar-refractivity contribution is 6.29. The number of carbonyl (C=O) groups is 4. The predicted octanol–water partition coefficient (Wildman–Crippen LogP) is 13.7. The zero-order valence-electron chi connectivity index (χ0n) is 44.5. The maximum absolute atomic E-state index is 13.4. The molecule has 2 aliphatic rings. The van der Waals surface area contributed by atoms with Gasteiger partial charge in [0.05, 0.1) is 48.3 Å². The molecule has 0 unspecified atom stereocenters. The summed E-state index contributed by atoms with van der Waals surface area (Å²) in [4.78, 5) is 75.8. The smallest absolute Gasteiger partial charge is 0.368 e. The van der Waals surface area contributed by atoms with Gasteiger partial charge in [-0.15, -0.1) is 20.3 Å². The first-order valence-electron chi connectivity index (χ1n) is 27.3. The lowest BCUT2D eigenvalue weighted by Gasteiger charge is -2.53. The molecule has 0 radical (unpaired) electrons. The summed E-state index contributed by atoms with van der Waals surface area (Å²) in [5.41, 5.74) is -3.19. The van der Waals surface area contributed by atoms with Crippen molar-refractivity contribution >= 4 is 23.9 Å². The molecule has 0 spiro atoms. The minimum Gasteiger partial charge on any atom is -0.368 e. The average molecular weight is 935 g/mol. The summed E-state index contributed by atoms with van der Waals surface area (Å²) in [7, 11) is 0. The van der Waals surface area contributed by atoms with Crippen LogP contribution in [0.3, 0.4) is 0 Å². The molecular formula is C54H102N4O8. The third-order valence-corrected chi connectivity index (χ3v) is 13.4. The molecular weight excluding hydrogens is 833 g/mol. The molecule has 12 heteroatoms. The summed E-state index contributed by atoms with van der Waals surface area (Å²) >= 11 is 0. The van der Waals surface area contributed by atoms with Gasteiger partial charge in [-0.25, -0.2) is 9.59 Å². The van der Waals surface area contributed by atoms with Crippen molar-refractivity contribution in [3.63, 3.8) is 0 Å². The third kappa shape index (κ3) is 24.8. The Hall–Kier alpha value is -2.28. The Labute approximate surface area is 404 Å². The standard InChI is InChI=1S/C54H102N4O8/c1-11-13-15-17-19-21-23-25-27-29-31-33-35-37-39-41-47(59)63-55-43-51(3,4)57(52(5,6)44-55)65-49(61)50(62)66-58-53(7,8)45-56(46-54(58,9)10)64-48(60)42-40-38-36-34-32-30-28-26-24-22-20-18-16-14-12-2/h11-46H2,1-10H3. The van der Waals surface area contributed by atoms with E-state index in [0.29, 0.717) is 12.8 Å². The third-order valence-electron chi connectivity index (χ3n) is 13.4. The number of rotatable bonds is 36. The maximum Gasteiger partial charge on any atom is 0.438 e. The Kier molecular flexibility index (Phi) is 29.5. The Morgan fingerprint density at radius 2 is 0.515 bits per heavy atom. The summed E-state index contributed by atoms with van der Waals surface area (Å²) in [6, 6.07) is 0. The van der Waals surface area contributed by atoms with Gasteiger partial charge in [-0.2, -0.15) is 0 Å². The summed E-state index contributed by atoms with van der Waals surface area (Å²) in [6.07, 6.45) is 38.8. The number of carbonyl (C=O) groups excluding carboxylic acids is 4. The minimum absolute atomic E-state index is 0.259. The highest BCUT2D eigenvalue weighted by Crippen LogP contribution is 2.35. The second-order valence-electron chi connectivity index (χ2n) is 22.5. The molecule has 2 heterocycles. The molecule has 0 aromatic rings. The highest BCUT2D eigenvalue weighted by Gasteiger charge is 2.52. The van der Waals surface area contributed by atoms with Crippen molar-refractivity contribution in [1.29, 1.82) is 0 Å². The van der Waals surface area contributed by atoms with E-state index in [1.165, 1.54) is 164 Å². The number of hydrogen-bond donors (Lipinski definition) is 0. The lowest BCUT2D eigenvalue weighted by atomic mass is 9.91. The second kappa shape index (κ2) is 32.5. The van der Waals surface area contributed by atoms with Crippen LogP contribution in [-0.2, 0) is 38.5 Å². The monoisotopic (exact) mass is 935 g/mol. The van der Waals surface area contributed by atoms with Crippen LogP contribution in [0, 0.1) is 0 Å². The van der Waals surface area contributed by atoms with Gasteiger partial charge in [0, 0.05) is 12.8 Å². The van der Waals surface area contributed by atoms with Crippen LogP contribution >= 0.6 is 0 Å². The Morgan fingerprint density at radius 3 is 0.727 bits per heavy atom. The van der Waals surface area contributed by atoms with Crippen LogP contribution in [0.2, 0.25) is 0 Å². The van der Waals surface area contributed by atoms with E-state index in [1.807, 2.05) is 55.4 Å². The number of unbranched alkanes of at least 4 members (excludes halogenated alkanes) is 28. The Morgan fingerprint density at radius 1 is 0.318 bits per heavy atom. The quantitative estimate of drug-likeness (QED) is 0.0439. The van der Waals surface area contributed by atoms with Crippen molar-refractivity contribution in [2.75, 3.05) is 26.2 Å². The van der Waals surface area contributed by atoms with E-state index in [-0.39, 0.29) is 38.1 Å². The van der Waals surface area contributed by atoms with Crippen molar-refractivity contribution in [2.45, 2.75) is 297 Å². The fourth-order valence-electron chi connectivity index (χ4n) is 10.3. The molecule has 0 atom stereocenters. The van der Waals surface area contributed by atoms with Crippen LogP contribution in [-0.4, -0.2) is 92.5 Å². The van der Waals surface area contributed by atoms with Gasteiger partial charge in [-0.3, -0.25) is 9.59 Å². The summed E-state index contributed by atoms with van der Waals surface area (Å²) in [5.74, 6) is -2.80. The van der Waals surface area contributed by atoms with Crippen molar-refractivity contribution in [1.82, 2.24) is 20.3 Å². The molecule has 386 valence electrons. The fraction of sp³-hybridized carbons (Fsp3) is 0.926. The van der Waals surface area contributed by atoms with Gasteiger partial charge >= 0.3 is 23.9 Å². The van der Waals surface area contributed by atoms with Crippen molar-refractivity contribution in [3.05, 3.63) is 0 Å². The molecule has 12 nitrogen and oxygen atoms in total. The highest BCUT2D eigenvalue weighted by atomic mass is 16.8. The molecule has 2 saturated heterocycles. The van der Waals surface area contributed by atoms with Crippen molar-refractivity contribution < 1.29 is 38.5 Å². The molecule has 0 N–H and O–H groups in total. The first kappa shape index (κ1) is 59.8. The van der Waals surface area contributed by atoms with E-state index in [4.69, 9.17) is 19.4 Å². The van der Waals surface area contributed by atoms with Crippen LogP contribution in [0.25, 0.3) is 0 Å². The molecule has 2 rings (SSSR count). The summed E-state index contributed by atoms with van der Waals surface area (Å²) in [6.45, 7) is 20.7. The largest absolute Gasteiger partial charge is 0.438 e. The molecule has 66 heavy (non-hydrogen) atoms. The molecule has 0 aromatic carbocycles. The zero-order valence-corrected chi connectivity index (χ0v) is 44.5. The van der Waals surface area contributed by atoms with Crippen LogP contribution in [0.5, 0.6) is 0 Å². The minimum atomic E-state index is -1.14. The number of piperazine rings is 2. The lowest BCUT2D eigenvalue weighted by molar-refractivity contribution is -0.319. The van der Waals surface area contributed by atoms with Gasteiger partial charge in [0.25, 0.3) is 0 Å². The molecule has 0 aliphatic carbocycles. The number of nitrogens with zero attached hydrogens (tertiary/aromatic N) is 4. The van der Waals surface area contributed by atoms with Gasteiger partial charge in [0.2, 0.25) is 0 Å². The van der Waals surface area contributed by atoms with Crippen molar-refractivity contribution in [2.24, 2.45) is 0 Å². The van der Waals surface area contributed by atoms with Gasteiger partial charge in [-0.05, 0) is 68.2 Å². The van der Waals surface area contributed by atoms with E-state index in [9.17, 15) is 19.2 Å². The van der Waals surface area contributed by atoms with Crippen LogP contribution in [0.4, 0.5) is 0 Å². The van der Waals surface area contributed by atoms with Gasteiger partial charge in [0.1, 0.15) is 0 Å². The predicted molar refractivity (Wildman–Crippen MR) is 267 cm³/mol. The topological polar surface area (TPSA) is 118 Å². The molecule has 0 aromatic heterocycles. The normalized spacial score (nSPS) is 18.5. The second-order valence-corrected chi connectivity index (χ2v) is 22.5. The first-order valence-corrected chi connectivity index (χ1v) is 27.3. The van der Waals surface area contributed by atoms with E-state index < -0.39 is 34.1 Å². The Bertz CT molecular complexity index is 1220. The van der Waals surface area contributed by atoms with Gasteiger partial charge in [-0.1, -0.05) is 194 Å². The summed E-state index contributed by atoms with van der Waals surface area (Å²) < 4.78 is 0. The SMILES string of the molecule is CCCCCCCCCCCCCCCCCC(=O)ON1CC(C)(C)N(OC(=O)C(=O)ON2C(C)(C)CN(OC(=O)CCCCCCCCCCCCCCCCC)CC2(C)C)C(C)(C)C1. The average Bonchev–Trinajstić information content (AvgIpc) is 3.22. The van der Waals surface area contributed by atoms with Gasteiger partial charge in [0.15, 0.2) is 0 Å². The van der Waals surface area contributed by atoms with E-state index in [0.717, 1.165) is 38.5 Å². The fourth-order valence-corrected chi connectivity index (χ4v) is 10.3. The molecule has 2 aliphatic heterocycles. The molecule has 0 saturated carbocycles. The van der Waals surface area contributed by atoms with Crippen LogP contribution < -0.4 is 0 Å². The first-order chi connectivity index (χ1) is 31.3. The van der Waals surface area contributed by atoms with Crippen LogP contribution in [0.15, 0.2) is 0 Å². The van der Waals surface area contributed by atoms with E-state index in [2.05, 4.69) is 13.8 Å². The Balaban J connectivity index is 1.67. The van der Waals surface area contributed by atoms with Crippen molar-refractivity contribution in [3.8, 4) is 0 Å². The number of hydroxylamine groups is 8. The van der Waals surface area contributed by atoms with Crippen LogP contribution in [0.1, 0.15) is 275 Å². The molecule has 2 fully saturated rings. The molecule has 0 amide bonds. The lowest BCUT2D eigenvalue weighted by Crippen LogP contribution is -2.70. The van der Waals surface area contributed by atoms with Gasteiger partial charge < -0.3 is 19.4 Å². The van der Waals surface area contributed by atoms with E-state index in [1.54, 1.807) is 10.1 Å². The number of hydrogen-bond acceptors (Lipinski definition) is 12. The summed E-state index contributed by atoms with van der Waals surface area (Å²) in [5, 5.41) is 6.34. The molecule has 0 bridgehead atoms. The van der Waals surface area contributed by atoms with E-state index >= 15 is 0 Å². The maximum atomic E-state index is 13.4.